The molecule has 0 atom stereocenters. The smallest absolute Gasteiger partial charge is 0.264 e. The second-order valence-electron chi connectivity index (χ2n) is 9.76. The Morgan fingerprint density at radius 3 is 2.45 bits per heavy atom. The number of ether oxygens (including phenoxy) is 1. The van der Waals surface area contributed by atoms with Gasteiger partial charge in [0.1, 0.15) is 0 Å². The Morgan fingerprint density at radius 1 is 1.02 bits per heavy atom. The van der Waals surface area contributed by atoms with Gasteiger partial charge >= 0.3 is 0 Å². The van der Waals surface area contributed by atoms with Crippen LogP contribution in [0.3, 0.4) is 0 Å². The highest BCUT2D eigenvalue weighted by molar-refractivity contribution is 7.92. The molecular weight excluding hydrogens is 544 g/mol. The summed E-state index contributed by atoms with van der Waals surface area (Å²) < 4.78 is 34.7. The molecule has 1 aromatic heterocycles. The van der Waals surface area contributed by atoms with Gasteiger partial charge in [0.15, 0.2) is 5.13 Å². The number of amides is 1. The summed E-state index contributed by atoms with van der Waals surface area (Å²) in [5.74, 6) is -0.197. The van der Waals surface area contributed by atoms with Gasteiger partial charge in [0.05, 0.1) is 34.0 Å². The molecule has 0 N–H and O–H groups in total. The van der Waals surface area contributed by atoms with Gasteiger partial charge in [-0.2, -0.15) is 0 Å². The number of anilines is 2. The first-order chi connectivity index (χ1) is 19.4. The van der Waals surface area contributed by atoms with E-state index in [1.54, 1.807) is 36.1 Å². The molecule has 1 aliphatic rings. The first-order valence-corrected chi connectivity index (χ1v) is 15.8. The molecule has 0 spiro atoms. The van der Waals surface area contributed by atoms with Crippen LogP contribution in [-0.2, 0) is 14.8 Å². The van der Waals surface area contributed by atoms with Crippen molar-refractivity contribution in [1.29, 1.82) is 0 Å². The van der Waals surface area contributed by atoms with Crippen LogP contribution in [0.25, 0.3) is 10.2 Å². The van der Waals surface area contributed by atoms with E-state index in [9.17, 15) is 13.2 Å². The molecule has 2 heterocycles. The molecule has 3 aromatic carbocycles. The molecular formula is C30H34N4O4S2. The highest BCUT2D eigenvalue weighted by Gasteiger charge is 2.26. The highest BCUT2D eigenvalue weighted by Crippen LogP contribution is 2.31. The van der Waals surface area contributed by atoms with Gasteiger partial charge in [-0.3, -0.25) is 18.9 Å². The van der Waals surface area contributed by atoms with E-state index in [4.69, 9.17) is 9.72 Å². The minimum Gasteiger partial charge on any atom is -0.379 e. The van der Waals surface area contributed by atoms with E-state index in [0.29, 0.717) is 29.5 Å². The molecule has 4 aromatic rings. The Morgan fingerprint density at radius 2 is 1.75 bits per heavy atom. The summed E-state index contributed by atoms with van der Waals surface area (Å²) in [5.41, 5.74) is 3.02. The monoisotopic (exact) mass is 578 g/mol. The topological polar surface area (TPSA) is 83.1 Å². The number of carbonyl (C=O) groups is 1. The zero-order chi connectivity index (χ0) is 28.1. The van der Waals surface area contributed by atoms with Crippen LogP contribution in [0.1, 0.15) is 29.3 Å². The van der Waals surface area contributed by atoms with Crippen LogP contribution in [0.2, 0.25) is 0 Å². The average molecular weight is 579 g/mol. The molecule has 0 bridgehead atoms. The van der Waals surface area contributed by atoms with Crippen molar-refractivity contribution < 1.29 is 17.9 Å². The van der Waals surface area contributed by atoms with Crippen molar-refractivity contribution in [2.75, 3.05) is 55.1 Å². The fraction of sp³-hybridized carbons (Fsp3) is 0.333. The molecule has 1 aliphatic heterocycles. The number of aryl methyl sites for hydroxylation is 1. The minimum atomic E-state index is -3.78. The van der Waals surface area contributed by atoms with Crippen molar-refractivity contribution in [2.24, 2.45) is 0 Å². The minimum absolute atomic E-state index is 0.143. The molecule has 1 saturated heterocycles. The molecule has 8 nitrogen and oxygen atoms in total. The van der Waals surface area contributed by atoms with Crippen LogP contribution in [0, 0.1) is 6.92 Å². The number of sulfonamides is 1. The van der Waals surface area contributed by atoms with Crippen LogP contribution < -0.4 is 9.21 Å². The second-order valence-corrected chi connectivity index (χ2v) is 12.6. The Kier molecular flexibility index (Phi) is 8.80. The fourth-order valence-electron chi connectivity index (χ4n) is 4.83. The SMILES string of the molecule is CCN(c1ccccc1)S(=O)(=O)c1ccc(C(=O)N(CCCN2CCOCC2)c2nc3ccc(C)cc3s2)cc1. The van der Waals surface area contributed by atoms with E-state index in [0.717, 1.165) is 55.0 Å². The summed E-state index contributed by atoms with van der Waals surface area (Å²) in [4.78, 5) is 22.8. The van der Waals surface area contributed by atoms with Gasteiger partial charge in [-0.25, -0.2) is 13.4 Å². The van der Waals surface area contributed by atoms with Gasteiger partial charge in [0.25, 0.3) is 15.9 Å². The summed E-state index contributed by atoms with van der Waals surface area (Å²) >= 11 is 1.50. The summed E-state index contributed by atoms with van der Waals surface area (Å²) in [6, 6.07) is 21.3. The average Bonchev–Trinajstić information content (AvgIpc) is 3.39. The highest BCUT2D eigenvalue weighted by atomic mass is 32.2. The zero-order valence-electron chi connectivity index (χ0n) is 22.8. The number of hydrogen-bond donors (Lipinski definition) is 0. The second kappa shape index (κ2) is 12.5. The standard InChI is InChI=1S/C30H34N4O4S2/c1-3-34(25-8-5-4-6-9-25)40(36,37)26-13-11-24(12-14-26)29(35)33(17-7-16-32-18-20-38-21-19-32)30-31-27-15-10-23(2)22-28(27)39-30/h4-6,8-15,22H,3,7,16-21H2,1-2H3. The third-order valence-corrected chi connectivity index (χ3v) is 9.95. The molecule has 5 rings (SSSR count). The molecule has 0 radical (unpaired) electrons. The maximum absolute atomic E-state index is 13.8. The number of rotatable bonds is 10. The van der Waals surface area contributed by atoms with Crippen molar-refractivity contribution in [3.05, 3.63) is 83.9 Å². The van der Waals surface area contributed by atoms with Crippen molar-refractivity contribution in [2.45, 2.75) is 25.2 Å². The largest absolute Gasteiger partial charge is 0.379 e. The van der Waals surface area contributed by atoms with Crippen LogP contribution in [0.15, 0.2) is 77.7 Å². The molecule has 40 heavy (non-hydrogen) atoms. The van der Waals surface area contributed by atoms with Crippen LogP contribution in [0.4, 0.5) is 10.8 Å². The van der Waals surface area contributed by atoms with Crippen molar-refractivity contribution >= 4 is 48.3 Å². The number of para-hydroxylation sites is 1. The van der Waals surface area contributed by atoms with Crippen molar-refractivity contribution in [1.82, 2.24) is 9.88 Å². The lowest BCUT2D eigenvalue weighted by Crippen LogP contribution is -2.39. The van der Waals surface area contributed by atoms with E-state index < -0.39 is 10.0 Å². The van der Waals surface area contributed by atoms with E-state index in [-0.39, 0.29) is 10.8 Å². The van der Waals surface area contributed by atoms with Gasteiger partial charge in [-0.15, -0.1) is 0 Å². The van der Waals surface area contributed by atoms with Gasteiger partial charge < -0.3 is 4.74 Å². The number of thiazole rings is 1. The maximum Gasteiger partial charge on any atom is 0.264 e. The number of morpholine rings is 1. The molecule has 0 saturated carbocycles. The summed E-state index contributed by atoms with van der Waals surface area (Å²) in [6.07, 6.45) is 0.787. The van der Waals surface area contributed by atoms with E-state index in [2.05, 4.69) is 11.0 Å². The Labute approximate surface area is 239 Å². The van der Waals surface area contributed by atoms with Crippen LogP contribution >= 0.6 is 11.3 Å². The lowest BCUT2D eigenvalue weighted by molar-refractivity contribution is 0.0376. The Balaban J connectivity index is 1.39. The van der Waals surface area contributed by atoms with Crippen LogP contribution in [-0.4, -0.2) is 70.1 Å². The maximum atomic E-state index is 13.8. The molecule has 0 unspecified atom stereocenters. The molecule has 0 aliphatic carbocycles. The first-order valence-electron chi connectivity index (χ1n) is 13.5. The summed E-state index contributed by atoms with van der Waals surface area (Å²) in [6.45, 7) is 8.75. The van der Waals surface area contributed by atoms with Crippen molar-refractivity contribution in [3.63, 3.8) is 0 Å². The molecule has 1 amide bonds. The fourth-order valence-corrected chi connectivity index (χ4v) is 7.40. The van der Waals surface area contributed by atoms with Crippen molar-refractivity contribution in [3.8, 4) is 0 Å². The summed E-state index contributed by atoms with van der Waals surface area (Å²) in [5, 5.41) is 0.644. The third-order valence-electron chi connectivity index (χ3n) is 6.99. The normalized spacial score (nSPS) is 14.3. The zero-order valence-corrected chi connectivity index (χ0v) is 24.5. The number of aromatic nitrogens is 1. The third kappa shape index (κ3) is 6.20. The van der Waals surface area contributed by atoms with Gasteiger partial charge in [-0.05, 0) is 74.4 Å². The quantitative estimate of drug-likeness (QED) is 0.258. The van der Waals surface area contributed by atoms with E-state index in [1.807, 2.05) is 37.3 Å². The first kappa shape index (κ1) is 28.2. The number of benzene rings is 3. The predicted octanol–water partition coefficient (Wildman–Crippen LogP) is 5.19. The number of nitrogens with zero attached hydrogens (tertiary/aromatic N) is 4. The lowest BCUT2D eigenvalue weighted by Gasteiger charge is -2.27. The van der Waals surface area contributed by atoms with E-state index >= 15 is 0 Å². The molecule has 210 valence electrons. The number of hydrogen-bond acceptors (Lipinski definition) is 7. The van der Waals surface area contributed by atoms with Gasteiger partial charge in [0, 0.05) is 38.3 Å². The number of fused-ring (bicyclic) bond motifs is 1. The molecule has 10 heteroatoms. The Hall–Kier alpha value is -3.31. The van der Waals surface area contributed by atoms with Crippen LogP contribution in [0.5, 0.6) is 0 Å². The van der Waals surface area contributed by atoms with Gasteiger partial charge in [0.2, 0.25) is 0 Å². The molecule has 1 fully saturated rings. The number of carbonyl (C=O) groups excluding carboxylic acids is 1. The van der Waals surface area contributed by atoms with E-state index in [1.165, 1.54) is 27.8 Å². The summed E-state index contributed by atoms with van der Waals surface area (Å²) in [7, 11) is -3.78. The van der Waals surface area contributed by atoms with Gasteiger partial charge in [-0.1, -0.05) is 35.6 Å². The predicted molar refractivity (Wildman–Crippen MR) is 161 cm³/mol. The lowest BCUT2D eigenvalue weighted by atomic mass is 10.2. The Bertz CT molecular complexity index is 1550.